The van der Waals surface area contributed by atoms with E-state index in [2.05, 4.69) is 0 Å². The first-order valence-corrected chi connectivity index (χ1v) is 7.93. The number of nitrogens with zero attached hydrogens (tertiary/aromatic N) is 2. The molecule has 0 aliphatic rings. The van der Waals surface area contributed by atoms with Gasteiger partial charge in [-0.1, -0.05) is 24.3 Å². The number of methoxy groups -OCH3 is 1. The highest BCUT2D eigenvalue weighted by atomic mass is 32.2. The van der Waals surface area contributed by atoms with Crippen molar-refractivity contribution >= 4 is 20.9 Å². The van der Waals surface area contributed by atoms with Gasteiger partial charge in [0.15, 0.2) is 0 Å². The summed E-state index contributed by atoms with van der Waals surface area (Å²) in [5.41, 5.74) is 0.461. The first kappa shape index (κ1) is 14.2. The van der Waals surface area contributed by atoms with Crippen LogP contribution in [-0.2, 0) is 10.0 Å². The van der Waals surface area contributed by atoms with Gasteiger partial charge in [0.1, 0.15) is 17.5 Å². The van der Waals surface area contributed by atoms with Crippen molar-refractivity contribution in [2.45, 2.75) is 4.90 Å². The van der Waals surface area contributed by atoms with Crippen LogP contribution in [0.2, 0.25) is 0 Å². The molecule has 0 saturated heterocycles. The van der Waals surface area contributed by atoms with Crippen molar-refractivity contribution in [3.63, 3.8) is 0 Å². The number of benzene rings is 2. The van der Waals surface area contributed by atoms with Crippen LogP contribution < -0.4 is 4.74 Å². The Balaban J connectivity index is 2.39. The second kappa shape index (κ2) is 5.20. The molecule has 0 saturated carbocycles. The van der Waals surface area contributed by atoms with Gasteiger partial charge in [0, 0.05) is 5.39 Å². The predicted octanol–water partition coefficient (Wildman–Crippen LogP) is 2.76. The van der Waals surface area contributed by atoms with Crippen molar-refractivity contribution in [3.05, 3.63) is 60.3 Å². The molecule has 0 atom stereocenters. The average molecular weight is 312 g/mol. The molecule has 3 aromatic rings. The molecule has 110 valence electrons. The average Bonchev–Trinajstić information content (AvgIpc) is 2.94. The van der Waals surface area contributed by atoms with E-state index in [9.17, 15) is 13.7 Å². The van der Waals surface area contributed by atoms with E-state index >= 15 is 0 Å². The maximum Gasteiger partial charge on any atom is 0.269 e. The van der Waals surface area contributed by atoms with Crippen molar-refractivity contribution in [1.29, 1.82) is 5.26 Å². The van der Waals surface area contributed by atoms with Gasteiger partial charge in [-0.05, 0) is 30.3 Å². The third kappa shape index (κ3) is 2.03. The molecule has 0 unspecified atom stereocenters. The number of hydrogen-bond acceptors (Lipinski definition) is 4. The standard InChI is InChI=1S/C16H12N2O3S/c1-21-16-9-5-8-15-14(16)10-12(11-17)18(15)22(19,20)13-6-3-2-4-7-13/h2-10H,1H3. The van der Waals surface area contributed by atoms with Crippen molar-refractivity contribution in [3.8, 4) is 11.8 Å². The molecular formula is C16H12N2O3S. The Hall–Kier alpha value is -2.78. The van der Waals surface area contributed by atoms with Crippen LogP contribution >= 0.6 is 0 Å². The molecule has 0 amide bonds. The molecule has 0 bridgehead atoms. The topological polar surface area (TPSA) is 72.1 Å². The van der Waals surface area contributed by atoms with Gasteiger partial charge in [0.05, 0.1) is 17.5 Å². The Morgan fingerprint density at radius 3 is 2.45 bits per heavy atom. The van der Waals surface area contributed by atoms with Crippen LogP contribution in [0.15, 0.2) is 59.5 Å². The van der Waals surface area contributed by atoms with Gasteiger partial charge in [0.25, 0.3) is 10.0 Å². The number of nitriles is 1. The van der Waals surface area contributed by atoms with Crippen molar-refractivity contribution in [2.75, 3.05) is 7.11 Å². The Bertz CT molecular complexity index is 983. The Morgan fingerprint density at radius 1 is 1.09 bits per heavy atom. The summed E-state index contributed by atoms with van der Waals surface area (Å²) in [4.78, 5) is 0.131. The quantitative estimate of drug-likeness (QED) is 0.745. The summed E-state index contributed by atoms with van der Waals surface area (Å²) in [6, 6.07) is 16.6. The van der Waals surface area contributed by atoms with E-state index in [1.807, 2.05) is 6.07 Å². The summed E-state index contributed by atoms with van der Waals surface area (Å²) in [6.45, 7) is 0. The molecule has 0 aliphatic heterocycles. The van der Waals surface area contributed by atoms with Crippen LogP contribution in [0.25, 0.3) is 10.9 Å². The van der Waals surface area contributed by atoms with E-state index in [1.54, 1.807) is 36.4 Å². The predicted molar refractivity (Wildman–Crippen MR) is 82.2 cm³/mol. The second-order valence-corrected chi connectivity index (χ2v) is 6.40. The normalized spacial score (nSPS) is 11.3. The number of rotatable bonds is 3. The van der Waals surface area contributed by atoms with E-state index in [0.717, 1.165) is 3.97 Å². The minimum absolute atomic E-state index is 0.0448. The number of aromatic nitrogens is 1. The molecule has 0 spiro atoms. The van der Waals surface area contributed by atoms with Crippen LogP contribution in [0.5, 0.6) is 5.75 Å². The highest BCUT2D eigenvalue weighted by molar-refractivity contribution is 7.90. The van der Waals surface area contributed by atoms with E-state index in [1.165, 1.54) is 25.3 Å². The molecule has 0 N–H and O–H groups in total. The van der Waals surface area contributed by atoms with Gasteiger partial charge < -0.3 is 4.74 Å². The number of hydrogen-bond donors (Lipinski definition) is 0. The fourth-order valence-corrected chi connectivity index (χ4v) is 3.87. The van der Waals surface area contributed by atoms with Gasteiger partial charge in [-0.2, -0.15) is 5.26 Å². The van der Waals surface area contributed by atoms with Gasteiger partial charge in [-0.3, -0.25) is 0 Å². The Labute approximate surface area is 128 Å². The highest BCUT2D eigenvalue weighted by Crippen LogP contribution is 2.31. The molecule has 0 aliphatic carbocycles. The monoisotopic (exact) mass is 312 g/mol. The molecule has 6 heteroatoms. The largest absolute Gasteiger partial charge is 0.496 e. The summed E-state index contributed by atoms with van der Waals surface area (Å²) in [7, 11) is -2.35. The summed E-state index contributed by atoms with van der Waals surface area (Å²) >= 11 is 0. The van der Waals surface area contributed by atoms with E-state index in [4.69, 9.17) is 4.74 Å². The summed E-state index contributed by atoms with van der Waals surface area (Å²) in [5.74, 6) is 0.524. The van der Waals surface area contributed by atoms with Gasteiger partial charge >= 0.3 is 0 Å². The smallest absolute Gasteiger partial charge is 0.269 e. The first-order chi connectivity index (χ1) is 10.6. The van der Waals surface area contributed by atoms with Crippen LogP contribution in [0.3, 0.4) is 0 Å². The van der Waals surface area contributed by atoms with Crippen molar-refractivity contribution in [1.82, 2.24) is 3.97 Å². The number of fused-ring (bicyclic) bond motifs is 1. The third-order valence-corrected chi connectivity index (χ3v) is 5.12. The van der Waals surface area contributed by atoms with E-state index in [0.29, 0.717) is 16.7 Å². The van der Waals surface area contributed by atoms with Crippen molar-refractivity contribution in [2.24, 2.45) is 0 Å². The molecule has 1 aromatic heterocycles. The molecular weight excluding hydrogens is 300 g/mol. The zero-order valence-corrected chi connectivity index (χ0v) is 12.5. The summed E-state index contributed by atoms with van der Waals surface area (Å²) in [6.07, 6.45) is 0. The maximum absolute atomic E-state index is 12.9. The Kier molecular flexibility index (Phi) is 3.35. The second-order valence-electron chi connectivity index (χ2n) is 4.62. The minimum atomic E-state index is -3.85. The molecule has 3 rings (SSSR count). The lowest BCUT2D eigenvalue weighted by molar-refractivity contribution is 0.420. The maximum atomic E-state index is 12.9. The molecule has 22 heavy (non-hydrogen) atoms. The lowest BCUT2D eigenvalue weighted by Gasteiger charge is -2.09. The lowest BCUT2D eigenvalue weighted by atomic mass is 10.2. The molecule has 0 radical (unpaired) electrons. The molecule has 1 heterocycles. The third-order valence-electron chi connectivity index (χ3n) is 3.38. The van der Waals surface area contributed by atoms with E-state index in [-0.39, 0.29) is 10.6 Å². The van der Waals surface area contributed by atoms with Gasteiger partial charge in [0.2, 0.25) is 0 Å². The SMILES string of the molecule is COc1cccc2c1cc(C#N)n2S(=O)(=O)c1ccccc1. The summed E-state index contributed by atoms with van der Waals surface area (Å²) < 4.78 is 32.0. The Morgan fingerprint density at radius 2 is 1.82 bits per heavy atom. The zero-order valence-electron chi connectivity index (χ0n) is 11.7. The molecule has 2 aromatic carbocycles. The van der Waals surface area contributed by atoms with Gasteiger partial charge in [-0.15, -0.1) is 0 Å². The summed E-state index contributed by atoms with van der Waals surface area (Å²) in [5, 5.41) is 9.90. The lowest BCUT2D eigenvalue weighted by Crippen LogP contribution is -2.14. The van der Waals surface area contributed by atoms with Crippen LogP contribution in [-0.4, -0.2) is 19.5 Å². The van der Waals surface area contributed by atoms with Crippen LogP contribution in [0.4, 0.5) is 0 Å². The minimum Gasteiger partial charge on any atom is -0.496 e. The van der Waals surface area contributed by atoms with E-state index < -0.39 is 10.0 Å². The zero-order chi connectivity index (χ0) is 15.7. The van der Waals surface area contributed by atoms with Crippen LogP contribution in [0.1, 0.15) is 5.69 Å². The van der Waals surface area contributed by atoms with Gasteiger partial charge in [-0.25, -0.2) is 12.4 Å². The first-order valence-electron chi connectivity index (χ1n) is 6.49. The fourth-order valence-electron chi connectivity index (χ4n) is 2.39. The molecule has 0 fully saturated rings. The number of ether oxygens (including phenoxy) is 1. The highest BCUT2D eigenvalue weighted by Gasteiger charge is 2.23. The molecule has 5 nitrogen and oxygen atoms in total. The van der Waals surface area contributed by atoms with Crippen molar-refractivity contribution < 1.29 is 13.2 Å². The van der Waals surface area contributed by atoms with Crippen LogP contribution in [0, 0.1) is 11.3 Å². The fraction of sp³-hybridized carbons (Fsp3) is 0.0625.